The van der Waals surface area contributed by atoms with Crippen LogP contribution in [0.25, 0.3) is 0 Å². The Morgan fingerprint density at radius 1 is 1.14 bits per heavy atom. The van der Waals surface area contributed by atoms with Crippen molar-refractivity contribution < 1.29 is 4.74 Å². The van der Waals surface area contributed by atoms with Gasteiger partial charge in [0.2, 0.25) is 0 Å². The maximum atomic E-state index is 5.91. The Hall–Kier alpha value is -1.06. The molecule has 3 nitrogen and oxygen atoms in total. The van der Waals surface area contributed by atoms with Crippen molar-refractivity contribution in [3.8, 4) is 5.75 Å². The minimum absolute atomic E-state index is 0.537. The van der Waals surface area contributed by atoms with Crippen molar-refractivity contribution in [3.63, 3.8) is 0 Å². The highest BCUT2D eigenvalue weighted by molar-refractivity contribution is 5.32. The summed E-state index contributed by atoms with van der Waals surface area (Å²) in [6, 6.07) is 8.06. The van der Waals surface area contributed by atoms with Crippen LogP contribution in [0.15, 0.2) is 24.3 Å². The first-order valence-corrected chi connectivity index (χ1v) is 8.36. The second kappa shape index (κ2) is 7.81. The van der Waals surface area contributed by atoms with E-state index in [0.717, 1.165) is 24.5 Å². The Bertz CT molecular complexity index is 419. The second-order valence-electron chi connectivity index (χ2n) is 6.21. The van der Waals surface area contributed by atoms with Crippen LogP contribution in [0, 0.1) is 5.41 Å². The summed E-state index contributed by atoms with van der Waals surface area (Å²) in [4.78, 5) is 2.54. The topological polar surface area (TPSA) is 38.5 Å². The van der Waals surface area contributed by atoms with Crippen LogP contribution in [-0.2, 0) is 6.54 Å². The molecular formula is C18H30N2O. The van der Waals surface area contributed by atoms with Crippen LogP contribution in [0.2, 0.25) is 0 Å². The van der Waals surface area contributed by atoms with E-state index in [-0.39, 0.29) is 0 Å². The summed E-state index contributed by atoms with van der Waals surface area (Å²) in [5.41, 5.74) is 7.43. The third-order valence-corrected chi connectivity index (χ3v) is 5.27. The largest absolute Gasteiger partial charge is 0.492 e. The van der Waals surface area contributed by atoms with Gasteiger partial charge in [-0.3, -0.25) is 4.90 Å². The smallest absolute Gasteiger partial charge is 0.123 e. The zero-order valence-electron chi connectivity index (χ0n) is 13.6. The van der Waals surface area contributed by atoms with Crippen molar-refractivity contribution in [2.75, 3.05) is 26.2 Å². The van der Waals surface area contributed by atoms with Gasteiger partial charge in [0.15, 0.2) is 0 Å². The molecule has 0 amide bonds. The highest BCUT2D eigenvalue weighted by Crippen LogP contribution is 2.37. The molecule has 1 aromatic carbocycles. The van der Waals surface area contributed by atoms with E-state index < -0.39 is 0 Å². The summed E-state index contributed by atoms with van der Waals surface area (Å²) < 4.78 is 5.91. The molecule has 2 N–H and O–H groups in total. The van der Waals surface area contributed by atoms with Crippen LogP contribution >= 0.6 is 0 Å². The van der Waals surface area contributed by atoms with Gasteiger partial charge in [0.25, 0.3) is 0 Å². The zero-order valence-corrected chi connectivity index (χ0v) is 13.6. The van der Waals surface area contributed by atoms with E-state index in [9.17, 15) is 0 Å². The van der Waals surface area contributed by atoms with E-state index in [4.69, 9.17) is 10.5 Å². The number of ether oxygens (including phenoxy) is 1. The summed E-state index contributed by atoms with van der Waals surface area (Å²) in [5, 5.41) is 0. The molecule has 0 atom stereocenters. The number of benzene rings is 1. The van der Waals surface area contributed by atoms with Crippen LogP contribution in [-0.4, -0.2) is 31.1 Å². The Labute approximate surface area is 129 Å². The molecule has 0 bridgehead atoms. The minimum Gasteiger partial charge on any atom is -0.492 e. The molecule has 3 heteroatoms. The highest BCUT2D eigenvalue weighted by atomic mass is 16.5. The normalized spacial score (nSPS) is 18.6. The van der Waals surface area contributed by atoms with Crippen LogP contribution in [0.4, 0.5) is 0 Å². The molecule has 1 fully saturated rings. The summed E-state index contributed by atoms with van der Waals surface area (Å²) in [5.74, 6) is 0.938. The van der Waals surface area contributed by atoms with Crippen molar-refractivity contribution in [1.29, 1.82) is 0 Å². The van der Waals surface area contributed by atoms with Gasteiger partial charge in [0.05, 0.1) is 0 Å². The predicted octanol–water partition coefficient (Wildman–Crippen LogP) is 3.43. The molecule has 1 saturated heterocycles. The van der Waals surface area contributed by atoms with Crippen molar-refractivity contribution in [3.05, 3.63) is 29.8 Å². The van der Waals surface area contributed by atoms with Gasteiger partial charge in [0, 0.05) is 18.7 Å². The standard InChI is InChI=1S/C18H30N2O/c1-3-18(4-2)9-11-20(12-10-18)13-14-21-17-8-6-5-7-16(17)15-19/h5-8H,3-4,9-15,19H2,1-2H3. The van der Waals surface area contributed by atoms with Gasteiger partial charge in [-0.2, -0.15) is 0 Å². The van der Waals surface area contributed by atoms with Crippen LogP contribution < -0.4 is 10.5 Å². The van der Waals surface area contributed by atoms with Gasteiger partial charge in [-0.25, -0.2) is 0 Å². The molecule has 118 valence electrons. The van der Waals surface area contributed by atoms with E-state index in [1.165, 1.54) is 38.8 Å². The first kappa shape index (κ1) is 16.3. The lowest BCUT2D eigenvalue weighted by atomic mass is 9.74. The number of rotatable bonds is 7. The molecule has 0 radical (unpaired) electrons. The van der Waals surface area contributed by atoms with E-state index in [2.05, 4.69) is 18.7 Å². The fourth-order valence-corrected chi connectivity index (χ4v) is 3.31. The summed E-state index contributed by atoms with van der Waals surface area (Å²) in [6.45, 7) is 9.41. The van der Waals surface area contributed by atoms with Gasteiger partial charge in [-0.1, -0.05) is 44.9 Å². The number of para-hydroxylation sites is 1. The lowest BCUT2D eigenvalue weighted by Crippen LogP contribution is -2.41. The fourth-order valence-electron chi connectivity index (χ4n) is 3.31. The Morgan fingerprint density at radius 3 is 2.43 bits per heavy atom. The predicted molar refractivity (Wildman–Crippen MR) is 88.5 cm³/mol. The minimum atomic E-state index is 0.537. The van der Waals surface area contributed by atoms with E-state index in [0.29, 0.717) is 12.0 Å². The number of piperidine rings is 1. The Kier molecular flexibility index (Phi) is 6.07. The lowest BCUT2D eigenvalue weighted by molar-refractivity contribution is 0.0850. The Balaban J connectivity index is 1.75. The zero-order chi connectivity index (χ0) is 15.1. The maximum Gasteiger partial charge on any atom is 0.123 e. The molecule has 21 heavy (non-hydrogen) atoms. The van der Waals surface area contributed by atoms with Gasteiger partial charge in [-0.15, -0.1) is 0 Å². The monoisotopic (exact) mass is 290 g/mol. The van der Waals surface area contributed by atoms with Crippen LogP contribution in [0.1, 0.15) is 45.1 Å². The molecule has 1 aliphatic rings. The fraction of sp³-hybridized carbons (Fsp3) is 0.667. The molecular weight excluding hydrogens is 260 g/mol. The maximum absolute atomic E-state index is 5.91. The molecule has 1 aliphatic heterocycles. The average molecular weight is 290 g/mol. The number of nitrogens with two attached hydrogens (primary N) is 1. The molecule has 0 saturated carbocycles. The van der Waals surface area contributed by atoms with Crippen LogP contribution in [0.5, 0.6) is 5.75 Å². The van der Waals surface area contributed by atoms with Crippen molar-refractivity contribution in [2.24, 2.45) is 11.1 Å². The molecule has 1 heterocycles. The molecule has 0 aromatic heterocycles. The third kappa shape index (κ3) is 4.21. The summed E-state index contributed by atoms with van der Waals surface area (Å²) >= 11 is 0. The van der Waals surface area contributed by atoms with E-state index >= 15 is 0 Å². The first-order valence-electron chi connectivity index (χ1n) is 8.36. The number of hydrogen-bond donors (Lipinski definition) is 1. The summed E-state index contributed by atoms with van der Waals surface area (Å²) in [6.07, 6.45) is 5.30. The molecule has 1 aromatic rings. The molecule has 0 aliphatic carbocycles. The quantitative estimate of drug-likeness (QED) is 0.836. The Morgan fingerprint density at radius 2 is 1.81 bits per heavy atom. The SMILES string of the molecule is CCC1(CC)CCN(CCOc2ccccc2CN)CC1. The molecule has 2 rings (SSSR count). The average Bonchev–Trinajstić information content (AvgIpc) is 2.56. The summed E-state index contributed by atoms with van der Waals surface area (Å²) in [7, 11) is 0. The van der Waals surface area contributed by atoms with Gasteiger partial charge in [0.1, 0.15) is 12.4 Å². The van der Waals surface area contributed by atoms with Gasteiger partial charge in [-0.05, 0) is 37.4 Å². The molecule has 0 spiro atoms. The van der Waals surface area contributed by atoms with Gasteiger partial charge < -0.3 is 10.5 Å². The van der Waals surface area contributed by atoms with Crippen molar-refractivity contribution >= 4 is 0 Å². The van der Waals surface area contributed by atoms with Gasteiger partial charge >= 0.3 is 0 Å². The second-order valence-corrected chi connectivity index (χ2v) is 6.21. The van der Waals surface area contributed by atoms with Crippen LogP contribution in [0.3, 0.4) is 0 Å². The first-order chi connectivity index (χ1) is 10.2. The number of hydrogen-bond acceptors (Lipinski definition) is 3. The number of nitrogens with zero attached hydrogens (tertiary/aromatic N) is 1. The van der Waals surface area contributed by atoms with E-state index in [1.54, 1.807) is 0 Å². The third-order valence-electron chi connectivity index (χ3n) is 5.27. The van der Waals surface area contributed by atoms with Crippen molar-refractivity contribution in [1.82, 2.24) is 4.90 Å². The highest BCUT2D eigenvalue weighted by Gasteiger charge is 2.30. The number of likely N-dealkylation sites (tertiary alicyclic amines) is 1. The van der Waals surface area contributed by atoms with E-state index in [1.807, 2.05) is 24.3 Å². The lowest BCUT2D eigenvalue weighted by Gasteiger charge is -2.41. The van der Waals surface area contributed by atoms with Crippen molar-refractivity contribution in [2.45, 2.75) is 46.1 Å². The molecule has 0 unspecified atom stereocenters.